The van der Waals surface area contributed by atoms with E-state index in [1.54, 1.807) is 18.2 Å². The van der Waals surface area contributed by atoms with E-state index in [4.69, 9.17) is 0 Å². The maximum atomic E-state index is 13.4. The minimum absolute atomic E-state index is 0.293. The van der Waals surface area contributed by atoms with Crippen molar-refractivity contribution in [1.29, 1.82) is 0 Å². The Hall–Kier alpha value is -4.06. The average molecular weight is 396 g/mol. The van der Waals surface area contributed by atoms with Gasteiger partial charge in [-0.15, -0.1) is 0 Å². The smallest absolute Gasteiger partial charge is 0.212 e. The number of para-hydroxylation sites is 2. The van der Waals surface area contributed by atoms with Crippen LogP contribution in [0.1, 0.15) is 5.56 Å². The summed E-state index contributed by atoms with van der Waals surface area (Å²) < 4.78 is 15.5. The lowest BCUT2D eigenvalue weighted by Gasteiger charge is -2.12. The fourth-order valence-electron chi connectivity index (χ4n) is 3.71. The predicted octanol–water partition coefficient (Wildman–Crippen LogP) is 5.01. The van der Waals surface area contributed by atoms with Gasteiger partial charge in [-0.05, 0) is 53.1 Å². The van der Waals surface area contributed by atoms with E-state index < -0.39 is 0 Å². The van der Waals surface area contributed by atoms with Gasteiger partial charge in [0.1, 0.15) is 11.6 Å². The second-order valence-electron chi connectivity index (χ2n) is 7.04. The number of halogens is 1. The Morgan fingerprint density at radius 1 is 0.967 bits per heavy atom. The Morgan fingerprint density at radius 2 is 1.80 bits per heavy atom. The van der Waals surface area contributed by atoms with Crippen LogP contribution in [0, 0.1) is 5.82 Å². The normalized spacial score (nSPS) is 11.1. The molecule has 5 aromatic rings. The minimum atomic E-state index is -0.293. The highest BCUT2D eigenvalue weighted by Gasteiger charge is 2.10. The number of nitrogens with zero attached hydrogens (tertiary/aromatic N) is 3. The molecular formula is C24H17FN4O. The number of anilines is 1. The van der Waals surface area contributed by atoms with Crippen molar-refractivity contribution in [2.45, 2.75) is 6.54 Å². The number of hydrogen-bond acceptors (Lipinski definition) is 3. The maximum absolute atomic E-state index is 13.4. The monoisotopic (exact) mass is 396 g/mol. The molecule has 6 heteroatoms. The van der Waals surface area contributed by atoms with Gasteiger partial charge in [0.05, 0.1) is 22.9 Å². The second kappa shape index (κ2) is 7.40. The lowest BCUT2D eigenvalue weighted by atomic mass is 9.99. The Balaban J connectivity index is 1.61. The van der Waals surface area contributed by atoms with Gasteiger partial charge < -0.3 is 9.88 Å². The summed E-state index contributed by atoms with van der Waals surface area (Å²) in [6, 6.07) is 22.2. The van der Waals surface area contributed by atoms with Crippen molar-refractivity contribution in [3.05, 3.63) is 90.5 Å². The summed E-state index contributed by atoms with van der Waals surface area (Å²) in [6.07, 6.45) is 2.43. The van der Waals surface area contributed by atoms with Crippen LogP contribution in [0.15, 0.2) is 79.1 Å². The van der Waals surface area contributed by atoms with Gasteiger partial charge in [-0.1, -0.05) is 36.4 Å². The van der Waals surface area contributed by atoms with Crippen LogP contribution in [-0.2, 0) is 11.3 Å². The van der Waals surface area contributed by atoms with Crippen molar-refractivity contribution >= 4 is 34.2 Å². The standard InChI is InChI=1S/C24H17FN4O/c25-18-8-6-17(7-9-18)20-12-24(27-15-30)28-22-11-16(5-10-19(20)22)13-29-14-26-21-3-1-2-4-23(21)29/h1-12,14-15H,13H2,(H,27,28,30). The van der Waals surface area contributed by atoms with Crippen LogP contribution in [0.5, 0.6) is 0 Å². The molecule has 0 radical (unpaired) electrons. The van der Waals surface area contributed by atoms with Crippen molar-refractivity contribution in [1.82, 2.24) is 14.5 Å². The number of benzene rings is 3. The van der Waals surface area contributed by atoms with Gasteiger partial charge >= 0.3 is 0 Å². The zero-order valence-electron chi connectivity index (χ0n) is 15.9. The lowest BCUT2D eigenvalue weighted by molar-refractivity contribution is -0.105. The highest BCUT2D eigenvalue weighted by Crippen LogP contribution is 2.31. The first kappa shape index (κ1) is 18.0. The van der Waals surface area contributed by atoms with Crippen LogP contribution in [0.4, 0.5) is 10.2 Å². The third-order valence-electron chi connectivity index (χ3n) is 5.12. The summed E-state index contributed by atoms with van der Waals surface area (Å²) in [4.78, 5) is 20.0. The summed E-state index contributed by atoms with van der Waals surface area (Å²) in [6.45, 7) is 0.648. The van der Waals surface area contributed by atoms with E-state index in [-0.39, 0.29) is 5.82 Å². The van der Waals surface area contributed by atoms with E-state index >= 15 is 0 Å². The van der Waals surface area contributed by atoms with E-state index in [9.17, 15) is 9.18 Å². The van der Waals surface area contributed by atoms with Crippen molar-refractivity contribution in [3.8, 4) is 11.1 Å². The molecule has 3 aromatic carbocycles. The molecule has 0 saturated carbocycles. The molecule has 2 heterocycles. The average Bonchev–Trinajstić information content (AvgIpc) is 3.17. The van der Waals surface area contributed by atoms with Crippen LogP contribution in [0.2, 0.25) is 0 Å². The van der Waals surface area contributed by atoms with Gasteiger partial charge in [-0.3, -0.25) is 4.79 Å². The zero-order valence-corrected chi connectivity index (χ0v) is 15.9. The number of nitrogens with one attached hydrogen (secondary N) is 1. The summed E-state index contributed by atoms with van der Waals surface area (Å²) >= 11 is 0. The van der Waals surface area contributed by atoms with Crippen LogP contribution >= 0.6 is 0 Å². The van der Waals surface area contributed by atoms with Crippen LogP contribution in [-0.4, -0.2) is 20.9 Å². The summed E-state index contributed by atoms with van der Waals surface area (Å²) in [5.74, 6) is 0.153. The predicted molar refractivity (Wildman–Crippen MR) is 116 cm³/mol. The Labute approximate surface area is 171 Å². The largest absolute Gasteiger partial charge is 0.326 e. The first-order chi connectivity index (χ1) is 14.7. The van der Waals surface area contributed by atoms with E-state index in [0.717, 1.165) is 38.6 Å². The molecule has 5 rings (SSSR count). The number of hydrogen-bond donors (Lipinski definition) is 1. The third kappa shape index (κ3) is 3.28. The highest BCUT2D eigenvalue weighted by molar-refractivity contribution is 5.97. The van der Waals surface area contributed by atoms with Crippen molar-refractivity contribution in [2.75, 3.05) is 5.32 Å². The van der Waals surface area contributed by atoms with Crippen molar-refractivity contribution < 1.29 is 9.18 Å². The molecule has 0 unspecified atom stereocenters. The van der Waals surface area contributed by atoms with E-state index in [1.807, 2.05) is 42.7 Å². The van der Waals surface area contributed by atoms with Gasteiger partial charge in [0.25, 0.3) is 0 Å². The molecule has 146 valence electrons. The van der Waals surface area contributed by atoms with Crippen LogP contribution in [0.3, 0.4) is 0 Å². The minimum Gasteiger partial charge on any atom is -0.326 e. The van der Waals surface area contributed by atoms with Crippen LogP contribution < -0.4 is 5.32 Å². The highest BCUT2D eigenvalue weighted by atomic mass is 19.1. The second-order valence-corrected chi connectivity index (χ2v) is 7.04. The SMILES string of the molecule is O=CNc1cc(-c2ccc(F)cc2)c2ccc(Cn3cnc4ccccc43)cc2n1. The molecule has 0 aliphatic rings. The molecule has 30 heavy (non-hydrogen) atoms. The number of rotatable bonds is 5. The molecule has 0 spiro atoms. The number of fused-ring (bicyclic) bond motifs is 2. The molecule has 0 atom stereocenters. The molecular weight excluding hydrogens is 379 g/mol. The Morgan fingerprint density at radius 3 is 2.63 bits per heavy atom. The number of aromatic nitrogens is 3. The molecule has 5 nitrogen and oxygen atoms in total. The molecule has 1 N–H and O–H groups in total. The zero-order chi connectivity index (χ0) is 20.5. The molecule has 0 saturated heterocycles. The van der Waals surface area contributed by atoms with Gasteiger partial charge in [0.15, 0.2) is 0 Å². The lowest BCUT2D eigenvalue weighted by Crippen LogP contribution is -2.00. The summed E-state index contributed by atoms with van der Waals surface area (Å²) in [7, 11) is 0. The fourth-order valence-corrected chi connectivity index (χ4v) is 3.71. The van der Waals surface area contributed by atoms with E-state index in [1.165, 1.54) is 12.1 Å². The van der Waals surface area contributed by atoms with Gasteiger partial charge in [0, 0.05) is 11.9 Å². The maximum Gasteiger partial charge on any atom is 0.212 e. The van der Waals surface area contributed by atoms with Gasteiger partial charge in [-0.25, -0.2) is 14.4 Å². The number of carbonyl (C=O) groups is 1. The number of pyridine rings is 1. The molecule has 0 bridgehead atoms. The molecule has 0 aliphatic carbocycles. The van der Waals surface area contributed by atoms with Crippen molar-refractivity contribution in [3.63, 3.8) is 0 Å². The topological polar surface area (TPSA) is 59.8 Å². The fraction of sp³-hybridized carbons (Fsp3) is 0.0417. The van der Waals surface area contributed by atoms with Gasteiger partial charge in [-0.2, -0.15) is 0 Å². The third-order valence-corrected chi connectivity index (χ3v) is 5.12. The summed E-state index contributed by atoms with van der Waals surface area (Å²) in [5, 5.41) is 3.56. The first-order valence-electron chi connectivity index (χ1n) is 9.51. The van der Waals surface area contributed by atoms with Crippen molar-refractivity contribution in [2.24, 2.45) is 0 Å². The number of carbonyl (C=O) groups excluding carboxylic acids is 1. The quantitative estimate of drug-likeness (QED) is 0.425. The number of amides is 1. The first-order valence-corrected chi connectivity index (χ1v) is 9.51. The van der Waals surface area contributed by atoms with Gasteiger partial charge in [0.2, 0.25) is 6.41 Å². The Bertz CT molecular complexity index is 1380. The molecule has 0 aliphatic heterocycles. The molecule has 2 aromatic heterocycles. The molecule has 1 amide bonds. The Kier molecular flexibility index (Phi) is 4.44. The summed E-state index contributed by atoms with van der Waals surface area (Å²) in [5.41, 5.74) is 5.56. The van der Waals surface area contributed by atoms with E-state index in [0.29, 0.717) is 18.8 Å². The number of imidazole rings is 1. The van der Waals surface area contributed by atoms with E-state index in [2.05, 4.69) is 25.9 Å². The molecule has 0 fully saturated rings. The van der Waals surface area contributed by atoms with Crippen LogP contribution in [0.25, 0.3) is 33.1 Å².